The molecule has 4 rings (SSSR count). The number of nitrogens with one attached hydrogen (secondary N) is 1. The number of fused-ring (bicyclic) bond motifs is 1. The second kappa shape index (κ2) is 8.74. The first-order chi connectivity index (χ1) is 15.7. The molecule has 0 bridgehead atoms. The molecule has 1 N–H and O–H groups in total. The minimum atomic E-state index is -4.70. The molecule has 0 aliphatic carbocycles. The largest absolute Gasteiger partial charge is 0.493 e. The molecule has 1 atom stereocenters. The summed E-state index contributed by atoms with van der Waals surface area (Å²) in [6, 6.07) is 14.5. The van der Waals surface area contributed by atoms with Gasteiger partial charge in [0.15, 0.2) is 17.3 Å². The highest BCUT2D eigenvalue weighted by Crippen LogP contribution is 2.36. The number of hydrogen-bond acceptors (Lipinski definition) is 6. The van der Waals surface area contributed by atoms with Gasteiger partial charge in [-0.3, -0.25) is 10.2 Å². The predicted molar refractivity (Wildman–Crippen MR) is 120 cm³/mol. The van der Waals surface area contributed by atoms with E-state index in [2.05, 4.69) is 10.1 Å². The number of hydrogen-bond donors (Lipinski definition) is 1. The van der Waals surface area contributed by atoms with Gasteiger partial charge in [0, 0.05) is 0 Å². The van der Waals surface area contributed by atoms with Crippen LogP contribution in [0, 0.1) is 5.41 Å². The zero-order valence-electron chi connectivity index (χ0n) is 17.4. The van der Waals surface area contributed by atoms with Gasteiger partial charge in [-0.15, -0.1) is 0 Å². The fraction of sp³-hybridized carbons (Fsp3) is 0.182. The fourth-order valence-corrected chi connectivity index (χ4v) is 3.89. The van der Waals surface area contributed by atoms with E-state index in [1.54, 1.807) is 18.2 Å². The molecule has 1 unspecified atom stereocenters. The number of benzene rings is 2. The highest BCUT2D eigenvalue weighted by Gasteiger charge is 2.46. The molecule has 7 nitrogen and oxygen atoms in total. The summed E-state index contributed by atoms with van der Waals surface area (Å²) in [5.41, 5.74) is 1.26. The summed E-state index contributed by atoms with van der Waals surface area (Å²) in [6.07, 6.45) is -3.60. The third-order valence-corrected chi connectivity index (χ3v) is 5.72. The summed E-state index contributed by atoms with van der Waals surface area (Å²) in [5.74, 6) is -0.458. The van der Waals surface area contributed by atoms with Crippen molar-refractivity contribution in [3.8, 4) is 11.5 Å². The molecule has 0 saturated carbocycles. The van der Waals surface area contributed by atoms with Gasteiger partial charge in [-0.1, -0.05) is 36.4 Å². The Morgan fingerprint density at radius 2 is 1.88 bits per heavy atom. The maximum absolute atomic E-state index is 13.0. The number of alkyl halides is 3. The monoisotopic (exact) mass is 474 g/mol. The molecular formula is C22H17F3N4O3S. The van der Waals surface area contributed by atoms with Crippen LogP contribution < -0.4 is 9.47 Å². The number of methoxy groups -OCH3 is 1. The normalized spacial score (nSPS) is 18.1. The smallest absolute Gasteiger partial charge is 0.441 e. The van der Waals surface area contributed by atoms with Crippen LogP contribution in [0.25, 0.3) is 6.08 Å². The molecule has 2 heterocycles. The van der Waals surface area contributed by atoms with E-state index in [9.17, 15) is 18.0 Å². The quantitative estimate of drug-likeness (QED) is 0.615. The Balaban J connectivity index is 1.60. The number of ether oxygens (including phenoxy) is 2. The van der Waals surface area contributed by atoms with E-state index in [-0.39, 0.29) is 28.6 Å². The van der Waals surface area contributed by atoms with Gasteiger partial charge < -0.3 is 9.47 Å². The van der Waals surface area contributed by atoms with Crippen LogP contribution in [0.5, 0.6) is 11.5 Å². The zero-order valence-corrected chi connectivity index (χ0v) is 18.2. The molecule has 0 saturated heterocycles. The van der Waals surface area contributed by atoms with Gasteiger partial charge in [-0.2, -0.15) is 28.3 Å². The molecule has 2 aliphatic rings. The van der Waals surface area contributed by atoms with E-state index in [1.807, 2.05) is 37.3 Å². The van der Waals surface area contributed by atoms with Crippen molar-refractivity contribution in [2.75, 3.05) is 7.11 Å². The highest BCUT2D eigenvalue weighted by atomic mass is 32.2. The minimum absolute atomic E-state index is 0.195. The molecule has 33 heavy (non-hydrogen) atoms. The number of rotatable bonds is 5. The predicted octanol–water partition coefficient (Wildman–Crippen LogP) is 5.02. The molecule has 1 amide bonds. The number of carbonyl (C=O) groups is 1. The number of hydrazone groups is 1. The lowest BCUT2D eigenvalue weighted by atomic mass is 10.1. The summed E-state index contributed by atoms with van der Waals surface area (Å²) in [5, 5.41) is 10.8. The van der Waals surface area contributed by atoms with Gasteiger partial charge in [0.05, 0.1) is 12.7 Å². The van der Waals surface area contributed by atoms with Crippen LogP contribution in [0.2, 0.25) is 0 Å². The summed E-state index contributed by atoms with van der Waals surface area (Å²) >= 11 is 0.205. The van der Waals surface area contributed by atoms with Crippen molar-refractivity contribution in [2.24, 2.45) is 10.1 Å². The Labute approximate surface area is 191 Å². The molecule has 170 valence electrons. The van der Waals surface area contributed by atoms with Crippen molar-refractivity contribution >= 4 is 39.8 Å². The van der Waals surface area contributed by atoms with Crippen molar-refractivity contribution in [2.45, 2.75) is 19.2 Å². The Kier molecular flexibility index (Phi) is 5.98. The SMILES string of the molecule is COc1cc(/C=C2/C(=N)N3N=C(C(F)(F)F)SC3=NC2=O)ccc1OC(C)c1ccccc1. The van der Waals surface area contributed by atoms with Crippen LogP contribution >= 0.6 is 11.8 Å². The van der Waals surface area contributed by atoms with E-state index < -0.39 is 23.0 Å². The second-order valence-electron chi connectivity index (χ2n) is 7.00. The third-order valence-electron chi connectivity index (χ3n) is 4.77. The van der Waals surface area contributed by atoms with Gasteiger partial charge in [0.25, 0.3) is 5.91 Å². The molecule has 11 heteroatoms. The highest BCUT2D eigenvalue weighted by molar-refractivity contribution is 8.27. The van der Waals surface area contributed by atoms with Crippen LogP contribution in [-0.4, -0.2) is 40.2 Å². The van der Waals surface area contributed by atoms with E-state index in [1.165, 1.54) is 13.2 Å². The van der Waals surface area contributed by atoms with E-state index in [0.29, 0.717) is 22.1 Å². The average molecular weight is 474 g/mol. The van der Waals surface area contributed by atoms with Gasteiger partial charge >= 0.3 is 6.18 Å². The first kappa shape index (κ1) is 22.6. The zero-order chi connectivity index (χ0) is 23.8. The van der Waals surface area contributed by atoms with Gasteiger partial charge in [-0.05, 0) is 48.0 Å². The second-order valence-corrected chi connectivity index (χ2v) is 7.96. The fourth-order valence-electron chi connectivity index (χ4n) is 3.13. The van der Waals surface area contributed by atoms with Crippen molar-refractivity contribution in [1.82, 2.24) is 5.01 Å². The van der Waals surface area contributed by atoms with Gasteiger partial charge in [0.2, 0.25) is 10.2 Å². The topological polar surface area (TPSA) is 87.3 Å². The molecule has 2 aliphatic heterocycles. The Morgan fingerprint density at radius 1 is 1.15 bits per heavy atom. The maximum atomic E-state index is 13.0. The molecule has 2 aromatic carbocycles. The van der Waals surface area contributed by atoms with Crippen LogP contribution in [0.3, 0.4) is 0 Å². The Morgan fingerprint density at radius 3 is 2.55 bits per heavy atom. The van der Waals surface area contributed by atoms with E-state index >= 15 is 0 Å². The Bertz CT molecular complexity index is 1210. The molecular weight excluding hydrogens is 457 g/mol. The number of nitrogens with zero attached hydrogens (tertiary/aromatic N) is 3. The van der Waals surface area contributed by atoms with Crippen molar-refractivity contribution in [3.05, 3.63) is 65.2 Å². The van der Waals surface area contributed by atoms with Crippen molar-refractivity contribution < 1.29 is 27.4 Å². The van der Waals surface area contributed by atoms with E-state index in [0.717, 1.165) is 5.56 Å². The average Bonchev–Trinajstić information content (AvgIpc) is 3.23. The summed E-state index contributed by atoms with van der Waals surface area (Å²) in [7, 11) is 1.46. The van der Waals surface area contributed by atoms with Crippen LogP contribution in [0.15, 0.2) is 64.2 Å². The third kappa shape index (κ3) is 4.63. The first-order valence-electron chi connectivity index (χ1n) is 9.64. The molecule has 0 fully saturated rings. The lowest BCUT2D eigenvalue weighted by Crippen LogP contribution is -2.35. The lowest BCUT2D eigenvalue weighted by molar-refractivity contribution is -0.114. The summed E-state index contributed by atoms with van der Waals surface area (Å²) in [6.45, 7) is 1.89. The molecule has 0 aromatic heterocycles. The van der Waals surface area contributed by atoms with Gasteiger partial charge in [0.1, 0.15) is 6.10 Å². The number of carbonyl (C=O) groups excluding carboxylic acids is 1. The first-order valence-corrected chi connectivity index (χ1v) is 10.5. The standard InChI is InChI=1S/C22H17F3N4O3S/c1-12(14-6-4-3-5-7-14)32-16-9-8-13(11-17(16)31-2)10-15-18(26)29-21(27-19(15)30)33-20(28-29)22(23,24)25/h3-12,26H,1-2H3/b15-10-,26-18?. The number of aliphatic imine (C=N–C) groups is 1. The van der Waals surface area contributed by atoms with Gasteiger partial charge in [-0.25, -0.2) is 0 Å². The molecule has 0 spiro atoms. The molecule has 0 radical (unpaired) electrons. The minimum Gasteiger partial charge on any atom is -0.493 e. The summed E-state index contributed by atoms with van der Waals surface area (Å²) in [4.78, 5) is 16.1. The van der Waals surface area contributed by atoms with Crippen molar-refractivity contribution in [3.63, 3.8) is 0 Å². The number of halogens is 3. The van der Waals surface area contributed by atoms with Crippen LogP contribution in [-0.2, 0) is 4.79 Å². The summed E-state index contributed by atoms with van der Waals surface area (Å²) < 4.78 is 50.3. The van der Waals surface area contributed by atoms with E-state index in [4.69, 9.17) is 14.9 Å². The Hall–Kier alpha value is -3.60. The van der Waals surface area contributed by atoms with Crippen LogP contribution in [0.4, 0.5) is 13.2 Å². The molecule has 2 aromatic rings. The lowest BCUT2D eigenvalue weighted by Gasteiger charge is -2.20. The van der Waals surface area contributed by atoms with Crippen LogP contribution in [0.1, 0.15) is 24.2 Å². The number of amides is 1. The number of amidine groups is 2. The number of thioether (sulfide) groups is 1. The van der Waals surface area contributed by atoms with Crippen molar-refractivity contribution in [1.29, 1.82) is 5.41 Å². The maximum Gasteiger partial charge on any atom is 0.441 e.